The zero-order valence-corrected chi connectivity index (χ0v) is 16.8. The molecule has 0 amide bonds. The number of aryl methyl sites for hydroxylation is 1. The Morgan fingerprint density at radius 3 is 2.43 bits per heavy atom. The third-order valence-corrected chi connectivity index (χ3v) is 5.82. The monoisotopic (exact) mass is 451 g/mol. The highest BCUT2D eigenvalue weighted by atomic mass is 127. The fraction of sp³-hybridized carbons (Fsp3) is 0.562. The van der Waals surface area contributed by atoms with Crippen LogP contribution in [-0.4, -0.2) is 32.2 Å². The van der Waals surface area contributed by atoms with Gasteiger partial charge in [-0.2, -0.15) is 0 Å². The topological polar surface area (TPSA) is 84.5 Å². The number of nitrogens with zero attached hydrogens (tertiary/aromatic N) is 1. The second-order valence-electron chi connectivity index (χ2n) is 6.09. The number of guanidine groups is 1. The second kappa shape index (κ2) is 8.86. The van der Waals surface area contributed by atoms with Crippen LogP contribution in [0.1, 0.15) is 38.2 Å². The van der Waals surface area contributed by atoms with Gasteiger partial charge in [-0.25, -0.2) is 8.42 Å². The fourth-order valence-electron chi connectivity index (χ4n) is 2.73. The molecule has 1 unspecified atom stereocenters. The van der Waals surface area contributed by atoms with E-state index in [2.05, 4.69) is 10.3 Å². The quantitative estimate of drug-likeness (QED) is 0.410. The standard InChI is InChI=1S/C16H25N3O2S.HI/c1-12-7-9-15(10-8-12)22(20,21)11-13(2)18-16(17)19-14-5-3-4-6-14;/h7-10,13-14H,3-6,11H2,1-2H3,(H3,17,18,19);1H. The molecule has 1 atom stereocenters. The van der Waals surface area contributed by atoms with E-state index in [4.69, 9.17) is 5.73 Å². The molecule has 0 spiro atoms. The summed E-state index contributed by atoms with van der Waals surface area (Å²) in [6.45, 7) is 3.74. The van der Waals surface area contributed by atoms with Gasteiger partial charge in [0.1, 0.15) is 0 Å². The maximum Gasteiger partial charge on any atom is 0.189 e. The molecular formula is C16H26IN3O2S. The molecule has 0 aromatic heterocycles. The van der Waals surface area contributed by atoms with E-state index < -0.39 is 9.84 Å². The lowest BCUT2D eigenvalue weighted by atomic mass is 10.2. The van der Waals surface area contributed by atoms with Crippen LogP contribution >= 0.6 is 24.0 Å². The predicted octanol–water partition coefficient (Wildman–Crippen LogP) is 2.62. The lowest BCUT2D eigenvalue weighted by molar-refractivity contribution is 0.584. The minimum atomic E-state index is -3.32. The third kappa shape index (κ3) is 6.29. The summed E-state index contributed by atoms with van der Waals surface area (Å²) in [7, 11) is -3.32. The van der Waals surface area contributed by atoms with E-state index in [1.165, 1.54) is 12.8 Å². The van der Waals surface area contributed by atoms with Crippen LogP contribution in [0, 0.1) is 6.92 Å². The Kier molecular flexibility index (Phi) is 7.79. The van der Waals surface area contributed by atoms with Crippen molar-refractivity contribution in [2.75, 3.05) is 5.75 Å². The van der Waals surface area contributed by atoms with Gasteiger partial charge in [-0.05, 0) is 38.8 Å². The van der Waals surface area contributed by atoms with E-state index in [0.717, 1.165) is 18.4 Å². The number of aliphatic imine (C=N–C) groups is 1. The van der Waals surface area contributed by atoms with Crippen molar-refractivity contribution in [1.29, 1.82) is 0 Å². The van der Waals surface area contributed by atoms with E-state index in [-0.39, 0.29) is 41.8 Å². The third-order valence-electron chi connectivity index (χ3n) is 3.89. The summed E-state index contributed by atoms with van der Waals surface area (Å²) >= 11 is 0. The smallest absolute Gasteiger partial charge is 0.189 e. The summed E-state index contributed by atoms with van der Waals surface area (Å²) in [5.41, 5.74) is 6.92. The summed E-state index contributed by atoms with van der Waals surface area (Å²) in [5, 5.41) is 2.99. The maximum atomic E-state index is 12.4. The summed E-state index contributed by atoms with van der Waals surface area (Å²) in [4.78, 5) is 4.76. The maximum absolute atomic E-state index is 12.4. The molecule has 23 heavy (non-hydrogen) atoms. The summed E-state index contributed by atoms with van der Waals surface area (Å²) < 4.78 is 24.7. The van der Waals surface area contributed by atoms with Crippen molar-refractivity contribution >= 4 is 39.8 Å². The lowest BCUT2D eigenvalue weighted by Crippen LogP contribution is -2.42. The van der Waals surface area contributed by atoms with Crippen LogP contribution in [0.4, 0.5) is 0 Å². The molecule has 3 N–H and O–H groups in total. The van der Waals surface area contributed by atoms with Gasteiger partial charge in [0.05, 0.1) is 16.7 Å². The van der Waals surface area contributed by atoms with Crippen molar-refractivity contribution in [3.05, 3.63) is 29.8 Å². The molecule has 1 saturated carbocycles. The van der Waals surface area contributed by atoms with Crippen LogP contribution in [0.2, 0.25) is 0 Å². The van der Waals surface area contributed by atoms with Gasteiger partial charge in [0.2, 0.25) is 0 Å². The Bertz CT molecular complexity index is 623. The highest BCUT2D eigenvalue weighted by Gasteiger charge is 2.19. The molecule has 0 heterocycles. The molecule has 7 heteroatoms. The van der Waals surface area contributed by atoms with Crippen LogP contribution in [0.5, 0.6) is 0 Å². The second-order valence-corrected chi connectivity index (χ2v) is 8.13. The molecule has 1 fully saturated rings. The number of nitrogens with one attached hydrogen (secondary N) is 1. The fourth-order valence-corrected chi connectivity index (χ4v) is 4.22. The molecule has 0 saturated heterocycles. The average Bonchev–Trinajstić information content (AvgIpc) is 2.90. The van der Waals surface area contributed by atoms with Crippen LogP contribution in [0.25, 0.3) is 0 Å². The molecule has 0 aliphatic heterocycles. The molecule has 130 valence electrons. The summed E-state index contributed by atoms with van der Waals surface area (Å²) in [6, 6.07) is 6.91. The highest BCUT2D eigenvalue weighted by molar-refractivity contribution is 14.0. The van der Waals surface area contributed by atoms with E-state index in [1.807, 2.05) is 13.8 Å². The van der Waals surface area contributed by atoms with E-state index in [0.29, 0.717) is 10.9 Å². The van der Waals surface area contributed by atoms with Crippen molar-refractivity contribution in [2.24, 2.45) is 10.7 Å². The first-order valence-corrected chi connectivity index (χ1v) is 9.41. The van der Waals surface area contributed by atoms with E-state index in [9.17, 15) is 8.42 Å². The van der Waals surface area contributed by atoms with E-state index in [1.54, 1.807) is 24.3 Å². The molecule has 1 aromatic carbocycles. The van der Waals surface area contributed by atoms with E-state index >= 15 is 0 Å². The van der Waals surface area contributed by atoms with Gasteiger partial charge >= 0.3 is 0 Å². The molecule has 5 nitrogen and oxygen atoms in total. The Labute approximate surface area is 156 Å². The first kappa shape index (κ1) is 20.2. The molecule has 0 radical (unpaired) electrons. The number of hydrogen-bond acceptors (Lipinski definition) is 3. The SMILES string of the molecule is Cc1ccc(S(=O)(=O)CC(C)NC(N)=NC2CCCC2)cc1.I. The van der Waals surface area contributed by atoms with Gasteiger partial charge in [-0.1, -0.05) is 30.5 Å². The number of benzene rings is 1. The van der Waals surface area contributed by atoms with Gasteiger partial charge in [0.15, 0.2) is 15.8 Å². The number of sulfone groups is 1. The van der Waals surface area contributed by atoms with Crippen LogP contribution < -0.4 is 11.1 Å². The number of rotatable bonds is 5. The van der Waals surface area contributed by atoms with Crippen molar-refractivity contribution in [3.8, 4) is 0 Å². The number of hydrogen-bond donors (Lipinski definition) is 2. The first-order valence-electron chi connectivity index (χ1n) is 7.76. The molecular weight excluding hydrogens is 425 g/mol. The molecule has 1 aromatic rings. The minimum absolute atomic E-state index is 0. The minimum Gasteiger partial charge on any atom is -0.370 e. The van der Waals surface area contributed by atoms with Crippen molar-refractivity contribution in [1.82, 2.24) is 5.32 Å². The molecule has 0 bridgehead atoms. The Hall–Kier alpha value is -0.830. The lowest BCUT2D eigenvalue weighted by Gasteiger charge is -2.16. The Morgan fingerprint density at radius 2 is 1.87 bits per heavy atom. The molecule has 1 aliphatic carbocycles. The Morgan fingerprint density at radius 1 is 1.30 bits per heavy atom. The largest absolute Gasteiger partial charge is 0.370 e. The Balaban J connectivity index is 0.00000264. The van der Waals surface area contributed by atoms with Crippen molar-refractivity contribution in [3.63, 3.8) is 0 Å². The van der Waals surface area contributed by atoms with Crippen LogP contribution in [0.3, 0.4) is 0 Å². The van der Waals surface area contributed by atoms with Gasteiger partial charge in [-0.3, -0.25) is 4.99 Å². The van der Waals surface area contributed by atoms with Gasteiger partial charge < -0.3 is 11.1 Å². The summed E-state index contributed by atoms with van der Waals surface area (Å²) in [5.74, 6) is 0.343. The van der Waals surface area contributed by atoms with Crippen molar-refractivity contribution < 1.29 is 8.42 Å². The van der Waals surface area contributed by atoms with Crippen LogP contribution in [-0.2, 0) is 9.84 Å². The number of halogens is 1. The van der Waals surface area contributed by atoms with Gasteiger partial charge in [0.25, 0.3) is 0 Å². The van der Waals surface area contributed by atoms with Gasteiger partial charge in [-0.15, -0.1) is 24.0 Å². The van der Waals surface area contributed by atoms with Gasteiger partial charge in [0, 0.05) is 6.04 Å². The normalized spacial score (nSPS) is 17.6. The molecule has 2 rings (SSSR count). The van der Waals surface area contributed by atoms with Crippen LogP contribution in [0.15, 0.2) is 34.2 Å². The summed E-state index contributed by atoms with van der Waals surface area (Å²) in [6.07, 6.45) is 4.52. The number of nitrogens with two attached hydrogens (primary N) is 1. The molecule has 1 aliphatic rings. The predicted molar refractivity (Wildman–Crippen MR) is 105 cm³/mol. The first-order chi connectivity index (χ1) is 10.4. The van der Waals surface area contributed by atoms with Crippen molar-refractivity contribution in [2.45, 2.75) is 56.5 Å². The average molecular weight is 451 g/mol. The zero-order valence-electron chi connectivity index (χ0n) is 13.7. The zero-order chi connectivity index (χ0) is 16.2. The highest BCUT2D eigenvalue weighted by Crippen LogP contribution is 2.20.